The Hall–Kier alpha value is -1.73. The van der Waals surface area contributed by atoms with Crippen molar-refractivity contribution in [3.8, 4) is 0 Å². The molecule has 2 rings (SSSR count). The van der Waals surface area contributed by atoms with Crippen LogP contribution in [0.1, 0.15) is 30.0 Å². The first-order valence-electron chi connectivity index (χ1n) is 6.34. The molecule has 7 nitrogen and oxygen atoms in total. The van der Waals surface area contributed by atoms with Crippen LogP contribution in [0.25, 0.3) is 0 Å². The standard InChI is InChI=1S/C12H19N5O2/c1-18-9-12-6-11(15-19-12)8-17-7-10(14-16-17)4-2-3-5-13/h6-7H,2-5,8-9,13H2,1H3. The number of nitrogens with zero attached hydrogens (tertiary/aromatic N) is 4. The van der Waals surface area contributed by atoms with Crippen LogP contribution in [0.2, 0.25) is 0 Å². The van der Waals surface area contributed by atoms with E-state index < -0.39 is 0 Å². The molecule has 0 saturated heterocycles. The van der Waals surface area contributed by atoms with E-state index in [9.17, 15) is 0 Å². The van der Waals surface area contributed by atoms with Gasteiger partial charge in [0, 0.05) is 19.4 Å². The molecule has 19 heavy (non-hydrogen) atoms. The normalized spacial score (nSPS) is 11.1. The third-order valence-electron chi connectivity index (χ3n) is 2.69. The van der Waals surface area contributed by atoms with E-state index in [4.69, 9.17) is 15.0 Å². The Morgan fingerprint density at radius 1 is 1.37 bits per heavy atom. The van der Waals surface area contributed by atoms with Crippen molar-refractivity contribution in [2.24, 2.45) is 5.73 Å². The van der Waals surface area contributed by atoms with Gasteiger partial charge < -0.3 is 15.0 Å². The third kappa shape index (κ3) is 4.15. The summed E-state index contributed by atoms with van der Waals surface area (Å²) in [6.07, 6.45) is 4.89. The first-order valence-corrected chi connectivity index (χ1v) is 6.34. The van der Waals surface area contributed by atoms with Gasteiger partial charge in [0.15, 0.2) is 5.76 Å². The zero-order valence-corrected chi connectivity index (χ0v) is 11.1. The van der Waals surface area contributed by atoms with Crippen LogP contribution >= 0.6 is 0 Å². The van der Waals surface area contributed by atoms with Crippen molar-refractivity contribution in [2.75, 3.05) is 13.7 Å². The van der Waals surface area contributed by atoms with Crippen LogP contribution in [0.3, 0.4) is 0 Å². The Labute approximate surface area is 111 Å². The number of aromatic nitrogens is 4. The van der Waals surface area contributed by atoms with Gasteiger partial charge in [0.1, 0.15) is 12.3 Å². The summed E-state index contributed by atoms with van der Waals surface area (Å²) in [5, 5.41) is 12.1. The summed E-state index contributed by atoms with van der Waals surface area (Å²) in [4.78, 5) is 0. The molecule has 0 fully saturated rings. The number of unbranched alkanes of at least 4 members (excludes halogenated alkanes) is 1. The maximum Gasteiger partial charge on any atom is 0.162 e. The maximum atomic E-state index is 5.46. The van der Waals surface area contributed by atoms with Crippen molar-refractivity contribution < 1.29 is 9.26 Å². The van der Waals surface area contributed by atoms with Crippen molar-refractivity contribution in [1.29, 1.82) is 0 Å². The van der Waals surface area contributed by atoms with Gasteiger partial charge in [-0.2, -0.15) is 0 Å². The Morgan fingerprint density at radius 3 is 3.05 bits per heavy atom. The number of hydrogen-bond donors (Lipinski definition) is 1. The molecule has 0 aromatic carbocycles. The zero-order valence-electron chi connectivity index (χ0n) is 11.1. The Kier molecular flexibility index (Phi) is 5.05. The molecular formula is C12H19N5O2. The zero-order chi connectivity index (χ0) is 13.5. The van der Waals surface area contributed by atoms with Crippen LogP contribution in [-0.4, -0.2) is 33.8 Å². The summed E-state index contributed by atoms with van der Waals surface area (Å²) in [5.74, 6) is 0.709. The largest absolute Gasteiger partial charge is 0.377 e. The van der Waals surface area contributed by atoms with Crippen LogP contribution in [0, 0.1) is 0 Å². The summed E-state index contributed by atoms with van der Waals surface area (Å²) in [5.41, 5.74) is 7.25. The van der Waals surface area contributed by atoms with E-state index in [1.807, 2.05) is 12.3 Å². The van der Waals surface area contributed by atoms with Gasteiger partial charge in [-0.3, -0.25) is 0 Å². The predicted octanol–water partition coefficient (Wildman–Crippen LogP) is 0.742. The van der Waals surface area contributed by atoms with E-state index in [1.54, 1.807) is 11.8 Å². The minimum absolute atomic E-state index is 0.425. The van der Waals surface area contributed by atoms with Crippen LogP contribution in [-0.2, 0) is 24.3 Å². The first-order chi connectivity index (χ1) is 9.31. The van der Waals surface area contributed by atoms with Gasteiger partial charge in [0.2, 0.25) is 0 Å². The van der Waals surface area contributed by atoms with Crippen molar-refractivity contribution in [1.82, 2.24) is 20.2 Å². The Morgan fingerprint density at radius 2 is 2.26 bits per heavy atom. The highest BCUT2D eigenvalue weighted by atomic mass is 16.5. The van der Waals surface area contributed by atoms with Crippen molar-refractivity contribution in [3.63, 3.8) is 0 Å². The minimum atomic E-state index is 0.425. The molecule has 104 valence electrons. The molecule has 0 unspecified atom stereocenters. The monoisotopic (exact) mass is 265 g/mol. The van der Waals surface area contributed by atoms with E-state index in [2.05, 4.69) is 15.5 Å². The van der Waals surface area contributed by atoms with Gasteiger partial charge in [0.05, 0.1) is 12.2 Å². The molecule has 2 aromatic rings. The fourth-order valence-electron chi connectivity index (χ4n) is 1.79. The average Bonchev–Trinajstić information content (AvgIpc) is 3.01. The van der Waals surface area contributed by atoms with Crippen molar-refractivity contribution in [2.45, 2.75) is 32.4 Å². The highest BCUT2D eigenvalue weighted by molar-refractivity contribution is 5.05. The van der Waals surface area contributed by atoms with Gasteiger partial charge in [-0.05, 0) is 25.8 Å². The minimum Gasteiger partial charge on any atom is -0.377 e. The molecule has 0 spiro atoms. The molecule has 7 heteroatoms. The summed E-state index contributed by atoms with van der Waals surface area (Å²) < 4.78 is 11.8. The second-order valence-electron chi connectivity index (χ2n) is 4.37. The second-order valence-corrected chi connectivity index (χ2v) is 4.37. The smallest absolute Gasteiger partial charge is 0.162 e. The molecular weight excluding hydrogens is 246 g/mol. The fraction of sp³-hybridized carbons (Fsp3) is 0.583. The molecule has 0 aliphatic carbocycles. The highest BCUT2D eigenvalue weighted by Crippen LogP contribution is 2.07. The molecule has 0 radical (unpaired) electrons. The molecule has 0 saturated carbocycles. The molecule has 0 aliphatic heterocycles. The number of methoxy groups -OCH3 is 1. The Bertz CT molecular complexity index is 494. The molecule has 0 aliphatic rings. The van der Waals surface area contributed by atoms with E-state index in [-0.39, 0.29) is 0 Å². The second kappa shape index (κ2) is 7.01. The summed E-state index contributed by atoms with van der Waals surface area (Å²) >= 11 is 0. The number of ether oxygens (including phenoxy) is 1. The lowest BCUT2D eigenvalue weighted by Gasteiger charge is -1.94. The van der Waals surface area contributed by atoms with Gasteiger partial charge in [-0.15, -0.1) is 5.10 Å². The summed E-state index contributed by atoms with van der Waals surface area (Å²) in [7, 11) is 1.62. The third-order valence-corrected chi connectivity index (χ3v) is 2.69. The fourth-order valence-corrected chi connectivity index (χ4v) is 1.79. The highest BCUT2D eigenvalue weighted by Gasteiger charge is 2.06. The first kappa shape index (κ1) is 13.7. The van der Waals surface area contributed by atoms with E-state index in [1.165, 1.54) is 0 Å². The van der Waals surface area contributed by atoms with E-state index in [0.717, 1.165) is 37.2 Å². The van der Waals surface area contributed by atoms with Crippen LogP contribution < -0.4 is 5.73 Å². The molecule has 2 heterocycles. The lowest BCUT2D eigenvalue weighted by Crippen LogP contribution is -2.00. The number of hydrogen-bond acceptors (Lipinski definition) is 6. The van der Waals surface area contributed by atoms with E-state index in [0.29, 0.717) is 18.9 Å². The number of nitrogens with two attached hydrogens (primary N) is 1. The van der Waals surface area contributed by atoms with Crippen LogP contribution in [0.15, 0.2) is 16.8 Å². The Balaban J connectivity index is 1.87. The van der Waals surface area contributed by atoms with Gasteiger partial charge in [-0.1, -0.05) is 10.4 Å². The van der Waals surface area contributed by atoms with Crippen molar-refractivity contribution >= 4 is 0 Å². The SMILES string of the molecule is COCc1cc(Cn2cc(CCCCN)nn2)no1. The van der Waals surface area contributed by atoms with Gasteiger partial charge in [-0.25, -0.2) is 4.68 Å². The topological polar surface area (TPSA) is 92.0 Å². The van der Waals surface area contributed by atoms with Crippen LogP contribution in [0.5, 0.6) is 0 Å². The molecule has 0 amide bonds. The lowest BCUT2D eigenvalue weighted by molar-refractivity contribution is 0.155. The van der Waals surface area contributed by atoms with Crippen molar-refractivity contribution in [3.05, 3.63) is 29.4 Å². The quantitative estimate of drug-likeness (QED) is 0.708. The van der Waals surface area contributed by atoms with E-state index >= 15 is 0 Å². The number of aryl methyl sites for hydroxylation is 1. The molecule has 2 aromatic heterocycles. The summed E-state index contributed by atoms with van der Waals surface area (Å²) in [6, 6.07) is 1.86. The maximum absolute atomic E-state index is 5.46. The average molecular weight is 265 g/mol. The summed E-state index contributed by atoms with van der Waals surface area (Å²) in [6.45, 7) is 1.70. The number of rotatable bonds is 8. The van der Waals surface area contributed by atoms with Gasteiger partial charge >= 0.3 is 0 Å². The molecule has 0 atom stereocenters. The lowest BCUT2D eigenvalue weighted by atomic mass is 10.2. The molecule has 0 bridgehead atoms. The van der Waals surface area contributed by atoms with Crippen LogP contribution in [0.4, 0.5) is 0 Å². The van der Waals surface area contributed by atoms with Gasteiger partial charge in [0.25, 0.3) is 0 Å². The predicted molar refractivity (Wildman–Crippen MR) is 68.3 cm³/mol. The molecule has 2 N–H and O–H groups in total.